The molecule has 1 atom stereocenters. The smallest absolute Gasteiger partial charge is 0.295 e. The van der Waals surface area contributed by atoms with Gasteiger partial charge in [-0.2, -0.15) is 0 Å². The third-order valence-corrected chi connectivity index (χ3v) is 6.10. The van der Waals surface area contributed by atoms with Crippen LogP contribution in [0.15, 0.2) is 75.9 Å². The number of hydrogen-bond donors (Lipinski definition) is 0. The van der Waals surface area contributed by atoms with E-state index >= 15 is 0 Å². The van der Waals surface area contributed by atoms with Gasteiger partial charge in [0.15, 0.2) is 5.43 Å². The Bertz CT molecular complexity index is 1430. The highest BCUT2D eigenvalue weighted by molar-refractivity contribution is 6.31. The standard InChI is InChI=1S/C26H20ClNO4/c1-3-31-18-8-6-7-16(13-18)23-22-24(29)19-9-4-5-10-21(19)32-25(22)26(30)28(23)17-12-11-15(2)20(27)14-17/h4-14,23H,3H2,1-2H3. The number of rotatable bonds is 4. The molecule has 1 aromatic heterocycles. The van der Waals surface area contributed by atoms with Crippen molar-refractivity contribution in [3.63, 3.8) is 0 Å². The van der Waals surface area contributed by atoms with Gasteiger partial charge in [0.25, 0.3) is 5.91 Å². The summed E-state index contributed by atoms with van der Waals surface area (Å²) in [5, 5.41) is 0.978. The van der Waals surface area contributed by atoms with Gasteiger partial charge in [-0.25, -0.2) is 0 Å². The number of benzene rings is 3. The Morgan fingerprint density at radius 1 is 1.03 bits per heavy atom. The summed E-state index contributed by atoms with van der Waals surface area (Å²) in [6, 6.07) is 19.2. The number of carbonyl (C=O) groups is 1. The summed E-state index contributed by atoms with van der Waals surface area (Å²) in [7, 11) is 0. The van der Waals surface area contributed by atoms with E-state index in [0.717, 1.165) is 11.1 Å². The minimum absolute atomic E-state index is 0.0530. The highest BCUT2D eigenvalue weighted by Crippen LogP contribution is 2.42. The molecule has 0 fully saturated rings. The summed E-state index contributed by atoms with van der Waals surface area (Å²) in [5.41, 5.74) is 2.72. The molecule has 4 aromatic rings. The highest BCUT2D eigenvalue weighted by Gasteiger charge is 2.43. The zero-order chi connectivity index (χ0) is 22.4. The van der Waals surface area contributed by atoms with Crippen LogP contribution in [0.4, 0.5) is 5.69 Å². The second-order valence-electron chi connectivity index (χ2n) is 7.69. The molecular formula is C26H20ClNO4. The van der Waals surface area contributed by atoms with Crippen molar-refractivity contribution in [3.05, 3.63) is 104 Å². The molecule has 2 heterocycles. The van der Waals surface area contributed by atoms with Gasteiger partial charge in [0, 0.05) is 10.7 Å². The summed E-state index contributed by atoms with van der Waals surface area (Å²) in [5.74, 6) is 0.338. The number of para-hydroxylation sites is 1. The molecule has 0 N–H and O–H groups in total. The molecule has 0 radical (unpaired) electrons. The van der Waals surface area contributed by atoms with Crippen LogP contribution in [0.25, 0.3) is 11.0 Å². The fraction of sp³-hybridized carbons (Fsp3) is 0.154. The van der Waals surface area contributed by atoms with Crippen LogP contribution in [-0.2, 0) is 0 Å². The second-order valence-corrected chi connectivity index (χ2v) is 8.09. The first-order valence-corrected chi connectivity index (χ1v) is 10.8. The third kappa shape index (κ3) is 3.17. The minimum Gasteiger partial charge on any atom is -0.494 e. The maximum atomic E-state index is 13.6. The van der Waals surface area contributed by atoms with Crippen LogP contribution < -0.4 is 15.1 Å². The fourth-order valence-electron chi connectivity index (χ4n) is 4.17. The molecule has 1 amide bonds. The van der Waals surface area contributed by atoms with Crippen LogP contribution in [0, 0.1) is 6.92 Å². The third-order valence-electron chi connectivity index (χ3n) is 5.70. The van der Waals surface area contributed by atoms with E-state index in [0.29, 0.717) is 39.6 Å². The average Bonchev–Trinajstić information content (AvgIpc) is 3.09. The van der Waals surface area contributed by atoms with Gasteiger partial charge in [-0.3, -0.25) is 14.5 Å². The fourth-order valence-corrected chi connectivity index (χ4v) is 4.35. The Kier molecular flexibility index (Phi) is 4.98. The molecule has 32 heavy (non-hydrogen) atoms. The minimum atomic E-state index is -0.669. The Balaban J connectivity index is 1.79. The van der Waals surface area contributed by atoms with Crippen LogP contribution >= 0.6 is 11.6 Å². The van der Waals surface area contributed by atoms with Crippen molar-refractivity contribution in [3.8, 4) is 5.75 Å². The SMILES string of the molecule is CCOc1cccc(C2c3c(oc4ccccc4c3=O)C(=O)N2c2ccc(C)c(Cl)c2)c1. The first-order valence-electron chi connectivity index (χ1n) is 10.4. The van der Waals surface area contributed by atoms with Crippen LogP contribution in [0.1, 0.15) is 40.2 Å². The summed E-state index contributed by atoms with van der Waals surface area (Å²) in [6.07, 6.45) is 0. The first-order chi connectivity index (χ1) is 15.5. The topological polar surface area (TPSA) is 59.8 Å². The Labute approximate surface area is 189 Å². The van der Waals surface area contributed by atoms with E-state index in [1.807, 2.05) is 50.2 Å². The largest absolute Gasteiger partial charge is 0.494 e. The van der Waals surface area contributed by atoms with E-state index in [-0.39, 0.29) is 17.1 Å². The molecule has 1 aliphatic heterocycles. The van der Waals surface area contributed by atoms with Gasteiger partial charge < -0.3 is 9.15 Å². The van der Waals surface area contributed by atoms with E-state index in [1.54, 1.807) is 35.2 Å². The molecule has 0 spiro atoms. The summed E-state index contributed by atoms with van der Waals surface area (Å²) in [4.78, 5) is 28.7. The first kappa shape index (κ1) is 20.3. The van der Waals surface area contributed by atoms with Crippen molar-refractivity contribution < 1.29 is 13.9 Å². The van der Waals surface area contributed by atoms with Gasteiger partial charge in [0.1, 0.15) is 11.3 Å². The number of nitrogens with zero attached hydrogens (tertiary/aromatic N) is 1. The number of ether oxygens (including phenoxy) is 1. The van der Waals surface area contributed by atoms with Crippen molar-refractivity contribution >= 4 is 34.2 Å². The zero-order valence-corrected chi connectivity index (χ0v) is 18.3. The molecule has 1 aliphatic rings. The van der Waals surface area contributed by atoms with E-state index < -0.39 is 6.04 Å². The maximum absolute atomic E-state index is 13.6. The predicted octanol–water partition coefficient (Wildman–Crippen LogP) is 5.90. The van der Waals surface area contributed by atoms with Crippen molar-refractivity contribution in [1.29, 1.82) is 0 Å². The zero-order valence-electron chi connectivity index (χ0n) is 17.6. The molecule has 0 bridgehead atoms. The molecule has 6 heteroatoms. The van der Waals surface area contributed by atoms with Crippen molar-refractivity contribution in [2.75, 3.05) is 11.5 Å². The maximum Gasteiger partial charge on any atom is 0.295 e. The lowest BCUT2D eigenvalue weighted by Crippen LogP contribution is -2.29. The summed E-state index contributed by atoms with van der Waals surface area (Å²) < 4.78 is 11.6. The van der Waals surface area contributed by atoms with Crippen molar-refractivity contribution in [1.82, 2.24) is 0 Å². The van der Waals surface area contributed by atoms with Gasteiger partial charge in [0.05, 0.1) is 23.6 Å². The van der Waals surface area contributed by atoms with Gasteiger partial charge in [-0.15, -0.1) is 0 Å². The number of aryl methyl sites for hydroxylation is 1. The lowest BCUT2D eigenvalue weighted by atomic mass is 9.98. The van der Waals surface area contributed by atoms with Gasteiger partial charge >= 0.3 is 0 Å². The van der Waals surface area contributed by atoms with E-state index in [4.69, 9.17) is 20.8 Å². The van der Waals surface area contributed by atoms with Crippen molar-refractivity contribution in [2.24, 2.45) is 0 Å². The van der Waals surface area contributed by atoms with Crippen molar-refractivity contribution in [2.45, 2.75) is 19.9 Å². The molecule has 5 nitrogen and oxygen atoms in total. The average molecular weight is 446 g/mol. The van der Waals surface area contributed by atoms with Crippen LogP contribution in [0.3, 0.4) is 0 Å². The van der Waals surface area contributed by atoms with Crippen LogP contribution in [0.5, 0.6) is 5.75 Å². The molecule has 160 valence electrons. The van der Waals surface area contributed by atoms with E-state index in [9.17, 15) is 9.59 Å². The van der Waals surface area contributed by atoms with E-state index in [2.05, 4.69) is 0 Å². The summed E-state index contributed by atoms with van der Waals surface area (Å²) in [6.45, 7) is 4.31. The van der Waals surface area contributed by atoms with Crippen LogP contribution in [0.2, 0.25) is 5.02 Å². The molecule has 5 rings (SSSR count). The van der Waals surface area contributed by atoms with Gasteiger partial charge in [-0.05, 0) is 61.4 Å². The number of anilines is 1. The number of carbonyl (C=O) groups excluding carboxylic acids is 1. The molecule has 1 unspecified atom stereocenters. The molecular weight excluding hydrogens is 426 g/mol. The van der Waals surface area contributed by atoms with Gasteiger partial charge in [0.2, 0.25) is 5.76 Å². The number of halogens is 1. The second kappa shape index (κ2) is 7.84. The summed E-state index contributed by atoms with van der Waals surface area (Å²) >= 11 is 6.38. The number of hydrogen-bond acceptors (Lipinski definition) is 4. The Hall–Kier alpha value is -3.57. The number of fused-ring (bicyclic) bond motifs is 2. The predicted molar refractivity (Wildman–Crippen MR) is 125 cm³/mol. The monoisotopic (exact) mass is 445 g/mol. The number of amides is 1. The lowest BCUT2D eigenvalue weighted by molar-refractivity contribution is 0.0971. The Morgan fingerprint density at radius 2 is 1.84 bits per heavy atom. The highest BCUT2D eigenvalue weighted by atomic mass is 35.5. The van der Waals surface area contributed by atoms with Crippen LogP contribution in [-0.4, -0.2) is 12.5 Å². The molecule has 0 aliphatic carbocycles. The molecule has 0 saturated carbocycles. The molecule has 3 aromatic carbocycles. The normalized spacial score (nSPS) is 15.3. The van der Waals surface area contributed by atoms with E-state index in [1.165, 1.54) is 0 Å². The Morgan fingerprint density at radius 3 is 2.62 bits per heavy atom. The quantitative estimate of drug-likeness (QED) is 0.392. The molecule has 0 saturated heterocycles. The van der Waals surface area contributed by atoms with Gasteiger partial charge in [-0.1, -0.05) is 41.9 Å². The lowest BCUT2D eigenvalue weighted by Gasteiger charge is -2.26.